The number of hydrogen-bond donors (Lipinski definition) is 2. The number of hydrazine groups is 1. The normalized spacial score (nSPS) is 35.0. The monoisotopic (exact) mass is 214 g/mol. The van der Waals surface area contributed by atoms with Gasteiger partial charge >= 0.3 is 0 Å². The smallest absolute Gasteiger partial charge is 0.0706 e. The van der Waals surface area contributed by atoms with Crippen LogP contribution >= 0.6 is 0 Å². The van der Waals surface area contributed by atoms with Gasteiger partial charge in [-0.25, -0.2) is 10.4 Å². The lowest BCUT2D eigenvalue weighted by Gasteiger charge is -2.33. The van der Waals surface area contributed by atoms with E-state index >= 15 is 0 Å². The third kappa shape index (κ3) is 3.41. The van der Waals surface area contributed by atoms with Gasteiger partial charge in [-0.3, -0.25) is 0 Å². The fourth-order valence-corrected chi connectivity index (χ4v) is 2.37. The summed E-state index contributed by atoms with van der Waals surface area (Å²) in [6.07, 6.45) is 5.54. The van der Waals surface area contributed by atoms with Crippen molar-refractivity contribution in [3.63, 3.8) is 0 Å². The Labute approximate surface area is 91.6 Å². The van der Waals surface area contributed by atoms with Crippen molar-refractivity contribution in [1.82, 2.24) is 10.4 Å². The van der Waals surface area contributed by atoms with Crippen molar-refractivity contribution in [1.29, 1.82) is 0 Å². The quantitative estimate of drug-likeness (QED) is 0.658. The van der Waals surface area contributed by atoms with Gasteiger partial charge in [0, 0.05) is 19.1 Å². The van der Waals surface area contributed by atoms with E-state index in [1.54, 1.807) is 0 Å². The molecule has 1 saturated carbocycles. The summed E-state index contributed by atoms with van der Waals surface area (Å²) in [5, 5.41) is 12.2. The summed E-state index contributed by atoms with van der Waals surface area (Å²) in [4.78, 5) is 0. The van der Waals surface area contributed by atoms with E-state index in [4.69, 9.17) is 4.74 Å². The Balaban J connectivity index is 1.79. The molecule has 1 aliphatic heterocycles. The second kappa shape index (κ2) is 5.80. The molecule has 2 atom stereocenters. The van der Waals surface area contributed by atoms with Crippen molar-refractivity contribution in [2.45, 2.75) is 44.2 Å². The van der Waals surface area contributed by atoms with Crippen molar-refractivity contribution in [3.8, 4) is 0 Å². The highest BCUT2D eigenvalue weighted by Crippen LogP contribution is 2.18. The molecule has 4 nitrogen and oxygen atoms in total. The van der Waals surface area contributed by atoms with Crippen LogP contribution in [0.1, 0.15) is 32.1 Å². The molecule has 2 N–H and O–H groups in total. The van der Waals surface area contributed by atoms with E-state index in [1.807, 2.05) is 0 Å². The minimum absolute atomic E-state index is 0.171. The van der Waals surface area contributed by atoms with Crippen molar-refractivity contribution in [2.75, 3.05) is 26.3 Å². The highest BCUT2D eigenvalue weighted by Gasteiger charge is 2.23. The highest BCUT2D eigenvalue weighted by atomic mass is 16.5. The van der Waals surface area contributed by atoms with Gasteiger partial charge in [-0.2, -0.15) is 0 Å². The minimum atomic E-state index is -0.171. The highest BCUT2D eigenvalue weighted by molar-refractivity contribution is 4.78. The third-order valence-corrected chi connectivity index (χ3v) is 3.34. The Morgan fingerprint density at radius 2 is 1.80 bits per heavy atom. The van der Waals surface area contributed by atoms with Crippen LogP contribution in [0.25, 0.3) is 0 Å². The summed E-state index contributed by atoms with van der Waals surface area (Å²) >= 11 is 0. The lowest BCUT2D eigenvalue weighted by atomic mass is 10.1. The molecule has 0 aromatic rings. The van der Waals surface area contributed by atoms with E-state index in [0.29, 0.717) is 0 Å². The van der Waals surface area contributed by atoms with Crippen LogP contribution in [0.2, 0.25) is 0 Å². The van der Waals surface area contributed by atoms with E-state index in [2.05, 4.69) is 10.4 Å². The summed E-state index contributed by atoms with van der Waals surface area (Å²) in [7, 11) is 0. The van der Waals surface area contributed by atoms with Gasteiger partial charge in [0.15, 0.2) is 0 Å². The second-order valence-corrected chi connectivity index (χ2v) is 4.54. The Hall–Kier alpha value is -0.160. The fraction of sp³-hybridized carbons (Fsp3) is 1.00. The number of morpholine rings is 1. The zero-order valence-corrected chi connectivity index (χ0v) is 9.32. The maximum absolute atomic E-state index is 9.96. The van der Waals surface area contributed by atoms with E-state index in [-0.39, 0.29) is 12.1 Å². The van der Waals surface area contributed by atoms with Crippen LogP contribution in [-0.4, -0.2) is 48.6 Å². The molecule has 0 aromatic heterocycles. The average molecular weight is 214 g/mol. The average Bonchev–Trinajstić information content (AvgIpc) is 2.46. The molecule has 88 valence electrons. The number of aliphatic hydroxyl groups is 1. The number of rotatable bonds is 2. The molecular formula is C11H22N2O2. The van der Waals surface area contributed by atoms with Gasteiger partial charge in [0.25, 0.3) is 0 Å². The molecule has 0 bridgehead atoms. The van der Waals surface area contributed by atoms with Crippen LogP contribution in [0.4, 0.5) is 0 Å². The zero-order valence-electron chi connectivity index (χ0n) is 9.32. The van der Waals surface area contributed by atoms with Gasteiger partial charge in [0.1, 0.15) is 0 Å². The van der Waals surface area contributed by atoms with Crippen LogP contribution in [0, 0.1) is 0 Å². The first kappa shape index (κ1) is 11.3. The first-order chi connectivity index (χ1) is 7.36. The Bertz CT molecular complexity index is 183. The standard InChI is InChI=1S/C11H22N2O2/c14-11-5-3-1-2-4-10(11)12-13-6-8-15-9-7-13/h10-12,14H,1-9H2. The van der Waals surface area contributed by atoms with Crippen LogP contribution in [-0.2, 0) is 4.74 Å². The first-order valence-corrected chi connectivity index (χ1v) is 6.13. The number of ether oxygens (including phenoxy) is 1. The van der Waals surface area contributed by atoms with Gasteiger partial charge in [0.05, 0.1) is 19.3 Å². The van der Waals surface area contributed by atoms with Gasteiger partial charge in [-0.1, -0.05) is 19.3 Å². The van der Waals surface area contributed by atoms with Crippen molar-refractivity contribution in [2.24, 2.45) is 0 Å². The van der Waals surface area contributed by atoms with Gasteiger partial charge < -0.3 is 9.84 Å². The fourth-order valence-electron chi connectivity index (χ4n) is 2.37. The first-order valence-electron chi connectivity index (χ1n) is 6.13. The van der Waals surface area contributed by atoms with E-state index in [9.17, 15) is 5.11 Å². The second-order valence-electron chi connectivity index (χ2n) is 4.54. The van der Waals surface area contributed by atoms with Crippen molar-refractivity contribution < 1.29 is 9.84 Å². The van der Waals surface area contributed by atoms with E-state index in [0.717, 1.165) is 39.1 Å². The van der Waals surface area contributed by atoms with E-state index in [1.165, 1.54) is 19.3 Å². The lowest BCUT2D eigenvalue weighted by molar-refractivity contribution is -0.0146. The molecular weight excluding hydrogens is 192 g/mol. The van der Waals surface area contributed by atoms with Crippen LogP contribution in [0.15, 0.2) is 0 Å². The third-order valence-electron chi connectivity index (χ3n) is 3.34. The molecule has 0 spiro atoms. The Morgan fingerprint density at radius 3 is 2.60 bits per heavy atom. The molecule has 2 rings (SSSR count). The lowest BCUT2D eigenvalue weighted by Crippen LogP contribution is -2.53. The molecule has 2 fully saturated rings. The van der Waals surface area contributed by atoms with Crippen molar-refractivity contribution in [3.05, 3.63) is 0 Å². The molecule has 0 radical (unpaired) electrons. The number of nitrogens with zero attached hydrogens (tertiary/aromatic N) is 1. The minimum Gasteiger partial charge on any atom is -0.391 e. The van der Waals surface area contributed by atoms with Crippen LogP contribution in [0.3, 0.4) is 0 Å². The predicted molar refractivity (Wildman–Crippen MR) is 58.4 cm³/mol. The number of hydrogen-bond acceptors (Lipinski definition) is 4. The maximum Gasteiger partial charge on any atom is 0.0706 e. The molecule has 2 unspecified atom stereocenters. The molecule has 15 heavy (non-hydrogen) atoms. The topological polar surface area (TPSA) is 44.7 Å². The zero-order chi connectivity index (χ0) is 10.5. The summed E-state index contributed by atoms with van der Waals surface area (Å²) < 4.78 is 5.30. The summed E-state index contributed by atoms with van der Waals surface area (Å²) in [6, 6.07) is 0.255. The molecule has 0 amide bonds. The van der Waals surface area contributed by atoms with E-state index < -0.39 is 0 Å². The largest absolute Gasteiger partial charge is 0.391 e. The maximum atomic E-state index is 9.96. The summed E-state index contributed by atoms with van der Waals surface area (Å²) in [6.45, 7) is 3.47. The summed E-state index contributed by atoms with van der Waals surface area (Å²) in [5.74, 6) is 0. The van der Waals surface area contributed by atoms with Crippen LogP contribution in [0.5, 0.6) is 0 Å². The van der Waals surface area contributed by atoms with Gasteiger partial charge in [-0.05, 0) is 12.8 Å². The predicted octanol–water partition coefficient (Wildman–Crippen LogP) is 0.517. The number of aliphatic hydroxyl groups excluding tert-OH is 1. The molecule has 0 aromatic carbocycles. The molecule has 1 heterocycles. The number of nitrogens with one attached hydrogen (secondary N) is 1. The molecule has 2 aliphatic rings. The Kier molecular flexibility index (Phi) is 4.38. The molecule has 1 aliphatic carbocycles. The Morgan fingerprint density at radius 1 is 1.07 bits per heavy atom. The summed E-state index contributed by atoms with van der Waals surface area (Å²) in [5.41, 5.74) is 3.45. The molecule has 4 heteroatoms. The van der Waals surface area contributed by atoms with Gasteiger partial charge in [0.2, 0.25) is 0 Å². The molecule has 1 saturated heterocycles. The van der Waals surface area contributed by atoms with Crippen molar-refractivity contribution >= 4 is 0 Å². The van der Waals surface area contributed by atoms with Gasteiger partial charge in [-0.15, -0.1) is 0 Å². The van der Waals surface area contributed by atoms with Crippen LogP contribution < -0.4 is 5.43 Å². The SMILES string of the molecule is OC1CCCCCC1NN1CCOCC1.